The van der Waals surface area contributed by atoms with Crippen molar-refractivity contribution in [3.05, 3.63) is 53.6 Å². The minimum atomic E-state index is -0.529. The third kappa shape index (κ3) is 3.13. The van der Waals surface area contributed by atoms with E-state index >= 15 is 0 Å². The van der Waals surface area contributed by atoms with Gasteiger partial charge in [-0.15, -0.1) is 0 Å². The molecule has 0 bridgehead atoms. The molecule has 100 valence electrons. The van der Waals surface area contributed by atoms with Crippen LogP contribution in [0.2, 0.25) is 0 Å². The van der Waals surface area contributed by atoms with Crippen LogP contribution in [-0.4, -0.2) is 12.2 Å². The minimum absolute atomic E-state index is 0.00140. The lowest BCUT2D eigenvalue weighted by atomic mass is 10.2. The third-order valence-electron chi connectivity index (χ3n) is 2.65. The van der Waals surface area contributed by atoms with Crippen LogP contribution in [0.25, 0.3) is 0 Å². The molecule has 0 fully saturated rings. The fourth-order valence-corrected chi connectivity index (χ4v) is 1.68. The SMILES string of the molecule is COc1ccc(CNc2cc(F)ccc2F)cc1O. The van der Waals surface area contributed by atoms with Crippen molar-refractivity contribution in [2.75, 3.05) is 12.4 Å². The predicted molar refractivity (Wildman–Crippen MR) is 68.3 cm³/mol. The quantitative estimate of drug-likeness (QED) is 0.891. The van der Waals surface area contributed by atoms with E-state index in [2.05, 4.69) is 5.32 Å². The Bertz CT molecular complexity index is 588. The molecule has 2 rings (SSSR count). The first-order valence-corrected chi connectivity index (χ1v) is 5.65. The molecule has 5 heteroatoms. The average molecular weight is 265 g/mol. The molecule has 0 atom stereocenters. The maximum absolute atomic E-state index is 13.4. The molecule has 0 aliphatic heterocycles. The molecule has 0 amide bonds. The summed E-state index contributed by atoms with van der Waals surface area (Å²) in [6.07, 6.45) is 0. The number of methoxy groups -OCH3 is 1. The van der Waals surface area contributed by atoms with E-state index in [4.69, 9.17) is 4.74 Å². The van der Waals surface area contributed by atoms with Crippen LogP contribution in [0.5, 0.6) is 11.5 Å². The number of hydrogen-bond acceptors (Lipinski definition) is 3. The molecule has 2 aromatic carbocycles. The van der Waals surface area contributed by atoms with Gasteiger partial charge in [0.25, 0.3) is 0 Å². The first-order chi connectivity index (χ1) is 9.10. The van der Waals surface area contributed by atoms with E-state index in [9.17, 15) is 13.9 Å². The van der Waals surface area contributed by atoms with E-state index in [1.807, 2.05) is 0 Å². The largest absolute Gasteiger partial charge is 0.504 e. The van der Waals surface area contributed by atoms with Crippen LogP contribution in [0.4, 0.5) is 14.5 Å². The highest BCUT2D eigenvalue weighted by atomic mass is 19.1. The first kappa shape index (κ1) is 13.1. The van der Waals surface area contributed by atoms with E-state index in [-0.39, 0.29) is 18.0 Å². The zero-order valence-electron chi connectivity index (χ0n) is 10.3. The Kier molecular flexibility index (Phi) is 3.85. The second kappa shape index (κ2) is 5.56. The summed E-state index contributed by atoms with van der Waals surface area (Å²) in [4.78, 5) is 0. The van der Waals surface area contributed by atoms with Crippen molar-refractivity contribution in [3.8, 4) is 11.5 Å². The summed E-state index contributed by atoms with van der Waals surface area (Å²) in [5.74, 6) is -0.678. The fourth-order valence-electron chi connectivity index (χ4n) is 1.68. The van der Waals surface area contributed by atoms with Gasteiger partial charge in [0, 0.05) is 6.54 Å². The number of aromatic hydroxyl groups is 1. The van der Waals surface area contributed by atoms with Crippen LogP contribution < -0.4 is 10.1 Å². The van der Waals surface area contributed by atoms with Crippen LogP contribution in [-0.2, 0) is 6.54 Å². The van der Waals surface area contributed by atoms with Gasteiger partial charge in [-0.05, 0) is 35.9 Å². The number of phenols is 1. The number of halogens is 2. The summed E-state index contributed by atoms with van der Waals surface area (Å²) in [6, 6.07) is 8.03. The monoisotopic (exact) mass is 265 g/mol. The predicted octanol–water partition coefficient (Wildman–Crippen LogP) is 3.29. The highest BCUT2D eigenvalue weighted by molar-refractivity contribution is 5.47. The zero-order valence-corrected chi connectivity index (χ0v) is 10.3. The minimum Gasteiger partial charge on any atom is -0.504 e. The number of ether oxygens (including phenoxy) is 1. The topological polar surface area (TPSA) is 41.5 Å². The van der Waals surface area contributed by atoms with E-state index in [1.54, 1.807) is 12.1 Å². The van der Waals surface area contributed by atoms with Gasteiger partial charge in [-0.1, -0.05) is 6.07 Å². The molecule has 0 heterocycles. The van der Waals surface area contributed by atoms with E-state index in [0.29, 0.717) is 5.75 Å². The van der Waals surface area contributed by atoms with Crippen molar-refractivity contribution < 1.29 is 18.6 Å². The van der Waals surface area contributed by atoms with Crippen LogP contribution in [0, 0.1) is 11.6 Å². The highest BCUT2D eigenvalue weighted by Crippen LogP contribution is 2.26. The lowest BCUT2D eigenvalue weighted by Gasteiger charge is -2.09. The smallest absolute Gasteiger partial charge is 0.160 e. The van der Waals surface area contributed by atoms with Gasteiger partial charge in [0.15, 0.2) is 11.5 Å². The summed E-state index contributed by atoms with van der Waals surface area (Å²) in [5.41, 5.74) is 0.803. The molecule has 0 saturated heterocycles. The van der Waals surface area contributed by atoms with Gasteiger partial charge in [0.2, 0.25) is 0 Å². The highest BCUT2D eigenvalue weighted by Gasteiger charge is 2.05. The average Bonchev–Trinajstić information content (AvgIpc) is 2.40. The van der Waals surface area contributed by atoms with Crippen LogP contribution in [0.3, 0.4) is 0 Å². The maximum Gasteiger partial charge on any atom is 0.160 e. The van der Waals surface area contributed by atoms with Gasteiger partial charge in [0.05, 0.1) is 12.8 Å². The number of rotatable bonds is 4. The molecule has 0 aromatic heterocycles. The van der Waals surface area contributed by atoms with E-state index in [1.165, 1.54) is 13.2 Å². The van der Waals surface area contributed by atoms with Crippen LogP contribution >= 0.6 is 0 Å². The van der Waals surface area contributed by atoms with E-state index < -0.39 is 11.6 Å². The number of anilines is 1. The van der Waals surface area contributed by atoms with Crippen molar-refractivity contribution >= 4 is 5.69 Å². The zero-order chi connectivity index (χ0) is 13.8. The van der Waals surface area contributed by atoms with Crippen molar-refractivity contribution in [2.24, 2.45) is 0 Å². The molecule has 0 saturated carbocycles. The third-order valence-corrected chi connectivity index (χ3v) is 2.65. The van der Waals surface area contributed by atoms with Crippen LogP contribution in [0.15, 0.2) is 36.4 Å². The second-order valence-electron chi connectivity index (χ2n) is 3.98. The summed E-state index contributed by atoms with van der Waals surface area (Å²) < 4.78 is 31.3. The van der Waals surface area contributed by atoms with Crippen molar-refractivity contribution in [3.63, 3.8) is 0 Å². The molecule has 0 aliphatic rings. The second-order valence-corrected chi connectivity index (χ2v) is 3.98. The molecule has 0 spiro atoms. The number of nitrogens with one attached hydrogen (secondary N) is 1. The first-order valence-electron chi connectivity index (χ1n) is 5.65. The Hall–Kier alpha value is -2.30. The molecular weight excluding hydrogens is 252 g/mol. The molecule has 3 nitrogen and oxygen atoms in total. The normalized spacial score (nSPS) is 10.3. The summed E-state index contributed by atoms with van der Waals surface area (Å²) in [7, 11) is 1.45. The molecule has 0 radical (unpaired) electrons. The van der Waals surface area contributed by atoms with Gasteiger partial charge < -0.3 is 15.2 Å². The lowest BCUT2D eigenvalue weighted by Crippen LogP contribution is -2.02. The summed E-state index contributed by atoms with van der Waals surface area (Å²) >= 11 is 0. The van der Waals surface area contributed by atoms with Crippen molar-refractivity contribution in [1.29, 1.82) is 0 Å². The van der Waals surface area contributed by atoms with Gasteiger partial charge in [-0.3, -0.25) is 0 Å². The lowest BCUT2D eigenvalue weighted by molar-refractivity contribution is 0.373. The molecule has 0 aliphatic carbocycles. The van der Waals surface area contributed by atoms with Gasteiger partial charge in [-0.2, -0.15) is 0 Å². The summed E-state index contributed by atoms with van der Waals surface area (Å²) in [5, 5.41) is 12.4. The Labute approximate surface area is 109 Å². The molecule has 19 heavy (non-hydrogen) atoms. The Balaban J connectivity index is 2.10. The maximum atomic E-state index is 13.4. The standard InChI is InChI=1S/C14H13F2NO2/c1-19-14-5-2-9(6-13(14)18)8-17-12-7-10(15)3-4-11(12)16/h2-7,17-18H,8H2,1H3. The molecule has 0 unspecified atom stereocenters. The van der Waals surface area contributed by atoms with Crippen LogP contribution in [0.1, 0.15) is 5.56 Å². The van der Waals surface area contributed by atoms with Gasteiger partial charge in [0.1, 0.15) is 11.6 Å². The molecule has 2 N–H and O–H groups in total. The Morgan fingerprint density at radius 3 is 2.63 bits per heavy atom. The molecular formula is C14H13F2NO2. The summed E-state index contributed by atoms with van der Waals surface area (Å²) in [6.45, 7) is 0.262. The number of hydrogen-bond donors (Lipinski definition) is 2. The number of benzene rings is 2. The van der Waals surface area contributed by atoms with Gasteiger partial charge >= 0.3 is 0 Å². The Morgan fingerprint density at radius 1 is 1.16 bits per heavy atom. The van der Waals surface area contributed by atoms with Gasteiger partial charge in [-0.25, -0.2) is 8.78 Å². The van der Waals surface area contributed by atoms with Crippen molar-refractivity contribution in [1.82, 2.24) is 0 Å². The molecule has 2 aromatic rings. The Morgan fingerprint density at radius 2 is 1.95 bits per heavy atom. The van der Waals surface area contributed by atoms with E-state index in [0.717, 1.165) is 23.8 Å². The number of phenolic OH excluding ortho intramolecular Hbond substituents is 1. The van der Waals surface area contributed by atoms with Crippen molar-refractivity contribution in [2.45, 2.75) is 6.54 Å². The fraction of sp³-hybridized carbons (Fsp3) is 0.143.